The summed E-state index contributed by atoms with van der Waals surface area (Å²) in [6.07, 6.45) is 20.4. The first-order valence-electron chi connectivity index (χ1n) is 12.6. The van der Waals surface area contributed by atoms with Gasteiger partial charge < -0.3 is 4.74 Å². The Labute approximate surface area is 189 Å². The second-order valence-electron chi connectivity index (χ2n) is 11.6. The minimum Gasteiger partial charge on any atom is -0.431 e. The van der Waals surface area contributed by atoms with Crippen molar-refractivity contribution in [1.82, 2.24) is 0 Å². The first-order chi connectivity index (χ1) is 14.6. The molecule has 0 N–H and O–H groups in total. The van der Waals surface area contributed by atoms with Crippen molar-refractivity contribution < 1.29 is 9.53 Å². The summed E-state index contributed by atoms with van der Waals surface area (Å²) in [7, 11) is 0. The van der Waals surface area contributed by atoms with Crippen LogP contribution in [-0.4, -0.2) is 5.97 Å². The Balaban J connectivity index is 1.55. The number of esters is 1. The van der Waals surface area contributed by atoms with Gasteiger partial charge in [0.1, 0.15) is 5.76 Å². The van der Waals surface area contributed by atoms with Crippen LogP contribution in [0.4, 0.5) is 0 Å². The number of carbonyl (C=O) groups is 1. The standard InChI is InChI=1S/C29H42O2/c1-19(2)8-7-9-20(3)25-12-13-26-24-11-10-22-18-23(31-21(4)30)14-16-28(22,5)27(24)15-17-29(25,26)6/h7-10,18,20,24-27H,11-17H2,1-6H3/b9-7+/t20-,24?,25?,26?,27?,28+,29-/m1/s1. The highest BCUT2D eigenvalue weighted by molar-refractivity contribution is 5.67. The second kappa shape index (κ2) is 8.41. The molecule has 4 aliphatic carbocycles. The molecule has 0 aromatic rings. The maximum absolute atomic E-state index is 11.4. The number of hydrogen-bond donors (Lipinski definition) is 0. The number of ether oxygens (including phenoxy) is 1. The fourth-order valence-corrected chi connectivity index (χ4v) is 8.03. The quantitative estimate of drug-likeness (QED) is 0.341. The first kappa shape index (κ1) is 22.6. The maximum Gasteiger partial charge on any atom is 0.307 e. The molecule has 31 heavy (non-hydrogen) atoms. The molecule has 2 fully saturated rings. The van der Waals surface area contributed by atoms with Crippen LogP contribution in [-0.2, 0) is 9.53 Å². The van der Waals surface area contributed by atoms with Gasteiger partial charge in [0.25, 0.3) is 0 Å². The van der Waals surface area contributed by atoms with E-state index < -0.39 is 0 Å². The van der Waals surface area contributed by atoms with Crippen molar-refractivity contribution in [3.05, 3.63) is 47.3 Å². The summed E-state index contributed by atoms with van der Waals surface area (Å²) in [4.78, 5) is 11.4. The van der Waals surface area contributed by atoms with Gasteiger partial charge in [0.05, 0.1) is 0 Å². The molecule has 0 saturated heterocycles. The smallest absolute Gasteiger partial charge is 0.307 e. The molecule has 2 heteroatoms. The topological polar surface area (TPSA) is 26.3 Å². The lowest BCUT2D eigenvalue weighted by Crippen LogP contribution is -2.49. The molecule has 4 unspecified atom stereocenters. The maximum atomic E-state index is 11.4. The third-order valence-electron chi connectivity index (χ3n) is 9.56. The van der Waals surface area contributed by atoms with Crippen LogP contribution in [0.3, 0.4) is 0 Å². The van der Waals surface area contributed by atoms with Crippen LogP contribution in [0.5, 0.6) is 0 Å². The molecular formula is C29H42O2. The normalized spacial score (nSPS) is 40.2. The highest BCUT2D eigenvalue weighted by Gasteiger charge is 2.58. The molecular weight excluding hydrogens is 380 g/mol. The highest BCUT2D eigenvalue weighted by atomic mass is 16.5. The van der Waals surface area contributed by atoms with E-state index in [1.807, 2.05) is 0 Å². The molecule has 7 atom stereocenters. The van der Waals surface area contributed by atoms with E-state index in [0.717, 1.165) is 42.3 Å². The van der Waals surface area contributed by atoms with Gasteiger partial charge >= 0.3 is 5.97 Å². The molecule has 0 spiro atoms. The summed E-state index contributed by atoms with van der Waals surface area (Å²) in [6.45, 7) is 13.4. The van der Waals surface area contributed by atoms with Gasteiger partial charge in [-0.15, -0.1) is 0 Å². The Hall–Kier alpha value is -1.57. The SMILES string of the molecule is CC(=O)OC1=CC2=CCC3C4CCC([C@H](C)/C=C/C=C(C)C)[C@@]4(C)CCC3[C@@]2(C)CC1. The number of carbonyl (C=O) groups excluding carboxylic acids is 1. The third kappa shape index (κ3) is 4.00. The number of hydrogen-bond acceptors (Lipinski definition) is 2. The molecule has 0 bridgehead atoms. The Morgan fingerprint density at radius 2 is 1.90 bits per heavy atom. The second-order valence-corrected chi connectivity index (χ2v) is 11.6. The summed E-state index contributed by atoms with van der Waals surface area (Å²) in [5.74, 6) is 4.57. The van der Waals surface area contributed by atoms with Gasteiger partial charge in [-0.25, -0.2) is 0 Å². The van der Waals surface area contributed by atoms with Crippen LogP contribution in [0, 0.1) is 40.4 Å². The highest BCUT2D eigenvalue weighted by Crippen LogP contribution is 2.67. The van der Waals surface area contributed by atoms with E-state index in [1.165, 1.54) is 50.2 Å². The van der Waals surface area contributed by atoms with Crippen LogP contribution >= 0.6 is 0 Å². The summed E-state index contributed by atoms with van der Waals surface area (Å²) < 4.78 is 5.46. The largest absolute Gasteiger partial charge is 0.431 e. The van der Waals surface area contributed by atoms with Gasteiger partial charge in [-0.2, -0.15) is 0 Å². The third-order valence-corrected chi connectivity index (χ3v) is 9.56. The number of allylic oxidation sites excluding steroid dienone is 8. The Morgan fingerprint density at radius 1 is 1.13 bits per heavy atom. The molecule has 2 nitrogen and oxygen atoms in total. The van der Waals surface area contributed by atoms with E-state index in [0.29, 0.717) is 11.3 Å². The molecule has 4 aliphatic rings. The number of rotatable bonds is 4. The Kier molecular flexibility index (Phi) is 6.14. The van der Waals surface area contributed by atoms with E-state index in [9.17, 15) is 4.79 Å². The average Bonchev–Trinajstić information content (AvgIpc) is 3.05. The van der Waals surface area contributed by atoms with Gasteiger partial charge in [0.2, 0.25) is 0 Å². The number of fused-ring (bicyclic) bond motifs is 5. The minimum atomic E-state index is -0.192. The molecule has 4 rings (SSSR count). The van der Waals surface area contributed by atoms with Crippen molar-refractivity contribution in [2.24, 2.45) is 40.4 Å². The van der Waals surface area contributed by atoms with Crippen LogP contribution < -0.4 is 0 Å². The molecule has 0 aromatic carbocycles. The molecule has 0 radical (unpaired) electrons. The lowest BCUT2D eigenvalue weighted by molar-refractivity contribution is -0.137. The summed E-state index contributed by atoms with van der Waals surface area (Å²) in [5, 5.41) is 0. The van der Waals surface area contributed by atoms with Crippen LogP contribution in [0.25, 0.3) is 0 Å². The zero-order valence-electron chi connectivity index (χ0n) is 20.5. The van der Waals surface area contributed by atoms with Gasteiger partial charge in [-0.1, -0.05) is 50.6 Å². The van der Waals surface area contributed by atoms with Crippen LogP contribution in [0.15, 0.2) is 47.3 Å². The zero-order valence-corrected chi connectivity index (χ0v) is 20.5. The van der Waals surface area contributed by atoms with Crippen molar-refractivity contribution in [1.29, 1.82) is 0 Å². The molecule has 170 valence electrons. The van der Waals surface area contributed by atoms with Gasteiger partial charge in [-0.05, 0) is 104 Å². The lowest BCUT2D eigenvalue weighted by atomic mass is 9.47. The molecule has 0 heterocycles. The van der Waals surface area contributed by atoms with Gasteiger partial charge in [0.15, 0.2) is 0 Å². The van der Waals surface area contributed by atoms with E-state index in [4.69, 9.17) is 4.74 Å². The Morgan fingerprint density at radius 3 is 2.61 bits per heavy atom. The lowest BCUT2D eigenvalue weighted by Gasteiger charge is -2.57. The van der Waals surface area contributed by atoms with E-state index in [-0.39, 0.29) is 11.4 Å². The summed E-state index contributed by atoms with van der Waals surface area (Å²) >= 11 is 0. The van der Waals surface area contributed by atoms with Crippen LogP contribution in [0.1, 0.15) is 86.5 Å². The summed E-state index contributed by atoms with van der Waals surface area (Å²) in [5.41, 5.74) is 3.54. The Bertz CT molecular complexity index is 839. The predicted molar refractivity (Wildman–Crippen MR) is 128 cm³/mol. The van der Waals surface area contributed by atoms with Crippen molar-refractivity contribution in [3.8, 4) is 0 Å². The fourth-order valence-electron chi connectivity index (χ4n) is 8.03. The van der Waals surface area contributed by atoms with E-state index in [1.54, 1.807) is 0 Å². The van der Waals surface area contributed by atoms with Gasteiger partial charge in [-0.3, -0.25) is 4.79 Å². The van der Waals surface area contributed by atoms with Crippen molar-refractivity contribution in [2.75, 3.05) is 0 Å². The van der Waals surface area contributed by atoms with E-state index in [2.05, 4.69) is 65.0 Å². The monoisotopic (exact) mass is 422 g/mol. The van der Waals surface area contributed by atoms with Crippen molar-refractivity contribution in [3.63, 3.8) is 0 Å². The zero-order chi connectivity index (χ0) is 22.4. The van der Waals surface area contributed by atoms with Crippen molar-refractivity contribution in [2.45, 2.75) is 86.5 Å². The van der Waals surface area contributed by atoms with Crippen molar-refractivity contribution >= 4 is 5.97 Å². The molecule has 0 aliphatic heterocycles. The molecule has 0 amide bonds. The molecule has 2 saturated carbocycles. The molecule has 0 aromatic heterocycles. The minimum absolute atomic E-state index is 0.192. The first-order valence-corrected chi connectivity index (χ1v) is 12.6. The van der Waals surface area contributed by atoms with Crippen LogP contribution in [0.2, 0.25) is 0 Å². The predicted octanol–water partition coefficient (Wildman–Crippen LogP) is 7.78. The van der Waals surface area contributed by atoms with Gasteiger partial charge in [0, 0.05) is 13.3 Å². The average molecular weight is 423 g/mol. The fraction of sp³-hybridized carbons (Fsp3) is 0.690. The van der Waals surface area contributed by atoms with E-state index >= 15 is 0 Å². The summed E-state index contributed by atoms with van der Waals surface area (Å²) in [6, 6.07) is 0.